The number of anilines is 2. The molecule has 8 rings (SSSR count). The van der Waals surface area contributed by atoms with E-state index in [9.17, 15) is 13.6 Å². The lowest BCUT2D eigenvalue weighted by molar-refractivity contribution is -0.132. The number of ether oxygens (including phenoxy) is 2. The van der Waals surface area contributed by atoms with E-state index in [1.807, 2.05) is 48.2 Å². The van der Waals surface area contributed by atoms with E-state index in [0.29, 0.717) is 48.7 Å². The van der Waals surface area contributed by atoms with Gasteiger partial charge < -0.3 is 29.2 Å². The highest BCUT2D eigenvalue weighted by Gasteiger charge is 2.41. The highest BCUT2D eigenvalue weighted by atomic mass is 19.2. The molecule has 6 aromatic rings. The molecule has 6 heterocycles. The maximum Gasteiger partial charge on any atom is 0.245 e. The summed E-state index contributed by atoms with van der Waals surface area (Å²) in [6.07, 6.45) is 3.05. The predicted octanol–water partition coefficient (Wildman–Crippen LogP) is 4.37. The molecule has 1 amide bonds. The average Bonchev–Trinajstić information content (AvgIpc) is 3.83. The van der Waals surface area contributed by atoms with E-state index in [1.165, 1.54) is 18.1 Å². The van der Waals surface area contributed by atoms with Crippen LogP contribution in [0.5, 0.6) is 5.75 Å². The molecule has 0 spiro atoms. The van der Waals surface area contributed by atoms with Crippen molar-refractivity contribution < 1.29 is 23.0 Å². The third-order valence-corrected chi connectivity index (χ3v) is 9.56. The summed E-state index contributed by atoms with van der Waals surface area (Å²) in [6, 6.07) is 13.1. The van der Waals surface area contributed by atoms with Crippen LogP contribution in [0.3, 0.4) is 0 Å². The molecule has 0 saturated carbocycles. The van der Waals surface area contributed by atoms with Crippen LogP contribution in [0.2, 0.25) is 0 Å². The fourth-order valence-corrected chi connectivity index (χ4v) is 7.16. The number of likely N-dealkylation sites (N-methyl/N-ethyl adjacent to an activating group) is 1. The van der Waals surface area contributed by atoms with Gasteiger partial charge in [0.05, 0.1) is 48.1 Å². The lowest BCUT2D eigenvalue weighted by Crippen LogP contribution is -2.47. The van der Waals surface area contributed by atoms with E-state index in [4.69, 9.17) is 19.4 Å². The first-order chi connectivity index (χ1) is 24.2. The molecule has 256 valence electrons. The standard InChI is InChI=1S/C35H34F2N10O3/c1-19-41-27-9-5-7-22-26-8-6-10-31(43-26)42-20-11-29(35(48)44(2)16-21(49-3)17-45(19)32(22)27)46(15-20)33-23-14-40-47(34(23)39-18-38-33)28-12-24(36)25(37)13-30(28)50-4/h5-10,12-14,18,20-21,29H,11,15-17H2,1-4H3,(H,42,43)/t20-,21?,29-/m0/s1. The van der Waals surface area contributed by atoms with Gasteiger partial charge >= 0.3 is 0 Å². The Labute approximate surface area is 285 Å². The van der Waals surface area contributed by atoms with Crippen molar-refractivity contribution in [3.8, 4) is 22.7 Å². The van der Waals surface area contributed by atoms with E-state index in [-0.39, 0.29) is 29.5 Å². The molecule has 13 nitrogen and oxygen atoms in total. The number of nitrogens with zero attached hydrogens (tertiary/aromatic N) is 9. The number of aryl methyl sites for hydroxylation is 1. The molecule has 0 radical (unpaired) electrons. The number of amides is 1. The van der Waals surface area contributed by atoms with Gasteiger partial charge in [0.2, 0.25) is 5.91 Å². The highest BCUT2D eigenvalue weighted by Crippen LogP contribution is 2.35. The zero-order valence-corrected chi connectivity index (χ0v) is 27.8. The minimum absolute atomic E-state index is 0.0824. The first-order valence-corrected chi connectivity index (χ1v) is 16.2. The van der Waals surface area contributed by atoms with Crippen LogP contribution < -0.4 is 15.0 Å². The summed E-state index contributed by atoms with van der Waals surface area (Å²) in [6.45, 7) is 3.19. The molecule has 1 N–H and O–H groups in total. The van der Waals surface area contributed by atoms with Gasteiger partial charge in [-0.1, -0.05) is 18.2 Å². The van der Waals surface area contributed by atoms with Crippen LogP contribution in [-0.4, -0.2) is 97.6 Å². The van der Waals surface area contributed by atoms with Crippen LogP contribution in [0.1, 0.15) is 12.2 Å². The third-order valence-electron chi connectivity index (χ3n) is 9.56. The highest BCUT2D eigenvalue weighted by molar-refractivity contribution is 5.94. The number of nitrogens with one attached hydrogen (secondary N) is 1. The summed E-state index contributed by atoms with van der Waals surface area (Å²) in [5, 5.41) is 8.57. The number of methoxy groups -OCH3 is 2. The number of carbonyl (C=O) groups excluding carboxylic acids is 1. The summed E-state index contributed by atoms with van der Waals surface area (Å²) in [4.78, 5) is 37.0. The number of carbonyl (C=O) groups is 1. The summed E-state index contributed by atoms with van der Waals surface area (Å²) >= 11 is 0. The number of aromatic nitrogens is 7. The molecule has 4 bridgehead atoms. The van der Waals surface area contributed by atoms with Gasteiger partial charge in [-0.2, -0.15) is 5.10 Å². The van der Waals surface area contributed by atoms with Crippen molar-refractivity contribution in [1.82, 2.24) is 39.2 Å². The van der Waals surface area contributed by atoms with Crippen molar-refractivity contribution in [2.75, 3.05) is 44.6 Å². The van der Waals surface area contributed by atoms with E-state index in [0.717, 1.165) is 40.2 Å². The Morgan fingerprint density at radius 3 is 2.62 bits per heavy atom. The van der Waals surface area contributed by atoms with Gasteiger partial charge in [-0.25, -0.2) is 33.4 Å². The minimum Gasteiger partial charge on any atom is -0.494 e. The van der Waals surface area contributed by atoms with Crippen LogP contribution in [-0.2, 0) is 16.1 Å². The van der Waals surface area contributed by atoms with Gasteiger partial charge in [0.25, 0.3) is 0 Å². The summed E-state index contributed by atoms with van der Waals surface area (Å²) < 4.78 is 43.3. The Morgan fingerprint density at radius 2 is 1.80 bits per heavy atom. The monoisotopic (exact) mass is 680 g/mol. The number of pyridine rings is 1. The number of rotatable bonds is 4. The second kappa shape index (κ2) is 12.3. The molecular weight excluding hydrogens is 646 g/mol. The Hall–Kier alpha value is -5.70. The van der Waals surface area contributed by atoms with Crippen LogP contribution in [0.15, 0.2) is 61.1 Å². The Morgan fingerprint density at radius 1 is 0.980 bits per heavy atom. The predicted molar refractivity (Wildman–Crippen MR) is 182 cm³/mol. The van der Waals surface area contributed by atoms with Gasteiger partial charge in [0, 0.05) is 51.0 Å². The molecule has 15 heteroatoms. The van der Waals surface area contributed by atoms with Crippen LogP contribution in [0, 0.1) is 18.6 Å². The van der Waals surface area contributed by atoms with Gasteiger partial charge in [-0.3, -0.25) is 4.79 Å². The quantitative estimate of drug-likeness (QED) is 0.287. The maximum atomic E-state index is 14.4. The van der Waals surface area contributed by atoms with Crippen molar-refractivity contribution in [2.45, 2.75) is 38.1 Å². The smallest absolute Gasteiger partial charge is 0.245 e. The van der Waals surface area contributed by atoms with E-state index in [1.54, 1.807) is 25.3 Å². The molecule has 2 aromatic carbocycles. The SMILES string of the molecule is COc1cc(F)c(F)cc1-n1ncc2c(N3C[C@@H]4C[C@H]3C(=O)N(C)CC(OC)Cn3c(C)nc5cccc(c53)-c3cccc(n3)N4)ncnc21. The molecule has 2 aliphatic rings. The number of para-hydroxylation sites is 1. The molecule has 4 aromatic heterocycles. The molecule has 1 fully saturated rings. The second-order valence-corrected chi connectivity index (χ2v) is 12.6. The molecule has 1 saturated heterocycles. The van der Waals surface area contributed by atoms with Crippen molar-refractivity contribution >= 4 is 39.6 Å². The minimum atomic E-state index is -1.05. The first-order valence-electron chi connectivity index (χ1n) is 16.2. The van der Waals surface area contributed by atoms with Gasteiger partial charge in [-0.05, 0) is 31.5 Å². The lowest BCUT2D eigenvalue weighted by Gasteiger charge is -2.30. The number of hydrogen-bond acceptors (Lipinski definition) is 10. The zero-order valence-electron chi connectivity index (χ0n) is 27.8. The first kappa shape index (κ1) is 31.6. The zero-order chi connectivity index (χ0) is 34.7. The molecule has 1 unspecified atom stereocenters. The normalized spacial score (nSPS) is 19.5. The lowest BCUT2D eigenvalue weighted by atomic mass is 10.1. The van der Waals surface area contributed by atoms with E-state index in [2.05, 4.69) is 25.0 Å². The topological polar surface area (TPSA) is 128 Å². The number of fused-ring (bicyclic) bond motifs is 6. The van der Waals surface area contributed by atoms with Crippen molar-refractivity contribution in [3.63, 3.8) is 0 Å². The number of imidazole rings is 1. The molecule has 2 aliphatic heterocycles. The van der Waals surface area contributed by atoms with E-state index >= 15 is 0 Å². The van der Waals surface area contributed by atoms with Crippen LogP contribution in [0.25, 0.3) is 39.0 Å². The summed E-state index contributed by atoms with van der Waals surface area (Å²) in [5.74, 6) is -0.135. The van der Waals surface area contributed by atoms with Gasteiger partial charge in [-0.15, -0.1) is 0 Å². The summed E-state index contributed by atoms with van der Waals surface area (Å²) in [5.41, 5.74) is 4.08. The van der Waals surface area contributed by atoms with Crippen LogP contribution in [0.4, 0.5) is 20.4 Å². The van der Waals surface area contributed by atoms with Gasteiger partial charge in [0.1, 0.15) is 41.3 Å². The fraction of sp³-hybridized carbons (Fsp3) is 0.314. The Bertz CT molecular complexity index is 2270. The molecule has 3 atom stereocenters. The second-order valence-electron chi connectivity index (χ2n) is 12.6. The fourth-order valence-electron chi connectivity index (χ4n) is 7.16. The summed E-state index contributed by atoms with van der Waals surface area (Å²) in [7, 11) is 4.80. The Balaban J connectivity index is 1.22. The maximum absolute atomic E-state index is 14.4. The van der Waals surface area contributed by atoms with Crippen molar-refractivity contribution in [2.24, 2.45) is 0 Å². The number of benzene rings is 2. The van der Waals surface area contributed by atoms with Crippen molar-refractivity contribution in [3.05, 3.63) is 78.5 Å². The van der Waals surface area contributed by atoms with Crippen LogP contribution >= 0.6 is 0 Å². The number of halogens is 2. The third kappa shape index (κ3) is 5.24. The largest absolute Gasteiger partial charge is 0.494 e. The molecule has 0 aliphatic carbocycles. The Kier molecular flexibility index (Phi) is 7.78. The van der Waals surface area contributed by atoms with E-state index < -0.39 is 17.7 Å². The molecular formula is C35H34F2N10O3. The molecule has 50 heavy (non-hydrogen) atoms. The van der Waals surface area contributed by atoms with Gasteiger partial charge in [0.15, 0.2) is 17.3 Å². The van der Waals surface area contributed by atoms with Crippen molar-refractivity contribution in [1.29, 1.82) is 0 Å². The number of hydrogen-bond donors (Lipinski definition) is 1. The average molecular weight is 681 g/mol.